The van der Waals surface area contributed by atoms with Crippen LogP contribution in [0.4, 0.5) is 0 Å². The maximum Gasteiger partial charge on any atom is 0.185 e. The number of hydrogen-bond acceptors (Lipinski definition) is 2. The van der Waals surface area contributed by atoms with Gasteiger partial charge in [0.25, 0.3) is 0 Å². The molecule has 4 N–H and O–H groups in total. The zero-order chi connectivity index (χ0) is 12.8. The molecule has 1 unspecified atom stereocenters. The Morgan fingerprint density at radius 1 is 1.33 bits per heavy atom. The van der Waals surface area contributed by atoms with Gasteiger partial charge in [0, 0.05) is 13.2 Å². The Morgan fingerprint density at radius 3 is 3.00 bits per heavy atom. The predicted octanol–water partition coefficient (Wildman–Crippen LogP) is 1.74. The van der Waals surface area contributed by atoms with E-state index < -0.39 is 0 Å². The van der Waals surface area contributed by atoms with E-state index in [1.54, 1.807) is 0 Å². The van der Waals surface area contributed by atoms with Gasteiger partial charge in [0.1, 0.15) is 0 Å². The first kappa shape index (κ1) is 12.9. The molecule has 0 spiro atoms. The first-order chi connectivity index (χ1) is 8.77. The smallest absolute Gasteiger partial charge is 0.185 e. The average molecular weight is 247 g/mol. The zero-order valence-electron chi connectivity index (χ0n) is 10.6. The van der Waals surface area contributed by atoms with E-state index >= 15 is 0 Å². The number of rotatable bonds is 5. The highest BCUT2D eigenvalue weighted by atomic mass is 16.5. The lowest BCUT2D eigenvalue weighted by molar-refractivity contribution is 0.0403. The molecule has 0 heterocycles. The zero-order valence-corrected chi connectivity index (χ0v) is 10.6. The second-order valence-electron chi connectivity index (χ2n) is 4.61. The summed E-state index contributed by atoms with van der Waals surface area (Å²) in [6.45, 7) is 1.34. The molecule has 0 saturated carbocycles. The number of nitrogens with zero attached hydrogens (tertiary/aromatic N) is 1. The number of aliphatic imine (C=N–C) groups is 1. The molecule has 0 bridgehead atoms. The van der Waals surface area contributed by atoms with Crippen LogP contribution in [0.1, 0.15) is 36.5 Å². The van der Waals surface area contributed by atoms with Gasteiger partial charge in [-0.3, -0.25) is 4.99 Å². The lowest BCUT2D eigenvalue weighted by Gasteiger charge is -2.25. The van der Waals surface area contributed by atoms with Crippen LogP contribution < -0.4 is 11.5 Å². The fraction of sp³-hybridized carbons (Fsp3) is 0.500. The second kappa shape index (κ2) is 6.40. The number of nitrogens with two attached hydrogens (primary N) is 2. The molecule has 1 aromatic carbocycles. The summed E-state index contributed by atoms with van der Waals surface area (Å²) in [5.74, 6) is 0.151. The van der Waals surface area contributed by atoms with Crippen LogP contribution in [0.15, 0.2) is 29.3 Å². The number of benzene rings is 1. The van der Waals surface area contributed by atoms with Crippen molar-refractivity contribution in [3.8, 4) is 0 Å². The van der Waals surface area contributed by atoms with Gasteiger partial charge in [0.2, 0.25) is 0 Å². The van der Waals surface area contributed by atoms with E-state index in [1.807, 2.05) is 0 Å². The minimum Gasteiger partial charge on any atom is -0.373 e. The molecule has 1 aliphatic rings. The van der Waals surface area contributed by atoms with E-state index in [0.29, 0.717) is 13.2 Å². The third-order valence-corrected chi connectivity index (χ3v) is 3.23. The summed E-state index contributed by atoms with van der Waals surface area (Å²) in [7, 11) is 0. The maximum absolute atomic E-state index is 5.94. The molecule has 0 saturated heterocycles. The summed E-state index contributed by atoms with van der Waals surface area (Å²) in [6, 6.07) is 8.55. The van der Waals surface area contributed by atoms with E-state index in [-0.39, 0.29) is 12.1 Å². The van der Waals surface area contributed by atoms with Gasteiger partial charge in [0.15, 0.2) is 5.96 Å². The van der Waals surface area contributed by atoms with Crippen molar-refractivity contribution in [3.63, 3.8) is 0 Å². The van der Waals surface area contributed by atoms with Crippen LogP contribution in [-0.4, -0.2) is 19.1 Å². The van der Waals surface area contributed by atoms with Gasteiger partial charge in [-0.2, -0.15) is 0 Å². The predicted molar refractivity (Wildman–Crippen MR) is 73.4 cm³/mol. The lowest BCUT2D eigenvalue weighted by atomic mass is 9.89. The fourth-order valence-electron chi connectivity index (χ4n) is 2.38. The number of aryl methyl sites for hydroxylation is 1. The first-order valence-electron chi connectivity index (χ1n) is 6.52. The van der Waals surface area contributed by atoms with Crippen molar-refractivity contribution in [3.05, 3.63) is 35.4 Å². The highest BCUT2D eigenvalue weighted by Gasteiger charge is 2.19. The van der Waals surface area contributed by atoms with Crippen molar-refractivity contribution in [2.45, 2.75) is 31.8 Å². The van der Waals surface area contributed by atoms with Crippen molar-refractivity contribution in [1.29, 1.82) is 0 Å². The Bertz CT molecular complexity index is 413. The third kappa shape index (κ3) is 3.47. The van der Waals surface area contributed by atoms with E-state index in [2.05, 4.69) is 29.3 Å². The monoisotopic (exact) mass is 247 g/mol. The van der Waals surface area contributed by atoms with Crippen LogP contribution in [0.3, 0.4) is 0 Å². The molecule has 0 aromatic heterocycles. The van der Waals surface area contributed by atoms with Gasteiger partial charge < -0.3 is 16.2 Å². The summed E-state index contributed by atoms with van der Waals surface area (Å²) in [5.41, 5.74) is 13.3. The summed E-state index contributed by atoms with van der Waals surface area (Å²) >= 11 is 0. The highest BCUT2D eigenvalue weighted by Crippen LogP contribution is 2.32. The van der Waals surface area contributed by atoms with Crippen LogP contribution in [0.25, 0.3) is 0 Å². The molecule has 98 valence electrons. The van der Waals surface area contributed by atoms with E-state index in [4.69, 9.17) is 16.2 Å². The van der Waals surface area contributed by atoms with E-state index in [1.165, 1.54) is 24.0 Å². The summed E-state index contributed by atoms with van der Waals surface area (Å²) < 4.78 is 5.94. The highest BCUT2D eigenvalue weighted by molar-refractivity contribution is 5.75. The molecule has 1 aromatic rings. The van der Waals surface area contributed by atoms with Crippen LogP contribution in [-0.2, 0) is 11.2 Å². The molecule has 1 atom stereocenters. The Hall–Kier alpha value is -1.55. The number of hydrogen-bond donors (Lipinski definition) is 2. The van der Waals surface area contributed by atoms with Crippen molar-refractivity contribution in [2.75, 3.05) is 13.2 Å². The molecule has 0 amide bonds. The van der Waals surface area contributed by atoms with Gasteiger partial charge in [0.05, 0.1) is 6.10 Å². The number of ether oxygens (including phenoxy) is 1. The third-order valence-electron chi connectivity index (χ3n) is 3.23. The Morgan fingerprint density at radius 2 is 2.17 bits per heavy atom. The normalized spacial score (nSPS) is 18.1. The molecule has 0 aliphatic heterocycles. The SMILES string of the molecule is NC(N)=NCCCOC1CCCc2ccccc21. The van der Waals surface area contributed by atoms with Crippen LogP contribution in [0.2, 0.25) is 0 Å². The molecule has 4 heteroatoms. The lowest BCUT2D eigenvalue weighted by Crippen LogP contribution is -2.23. The fourth-order valence-corrected chi connectivity index (χ4v) is 2.38. The quantitative estimate of drug-likeness (QED) is 0.473. The standard InChI is InChI=1S/C14H21N3O/c15-14(16)17-9-4-10-18-13-8-3-6-11-5-1-2-7-12(11)13/h1-2,5,7,13H,3-4,6,8-10H2,(H4,15,16,17). The Balaban J connectivity index is 1.82. The van der Waals surface area contributed by atoms with Crippen molar-refractivity contribution < 1.29 is 4.74 Å². The Kier molecular flexibility index (Phi) is 4.59. The van der Waals surface area contributed by atoms with E-state index in [0.717, 1.165) is 12.8 Å². The maximum atomic E-state index is 5.94. The molecule has 4 nitrogen and oxygen atoms in total. The molecular formula is C14H21N3O. The molecule has 1 aliphatic carbocycles. The van der Waals surface area contributed by atoms with Crippen LogP contribution in [0, 0.1) is 0 Å². The largest absolute Gasteiger partial charge is 0.373 e. The minimum atomic E-state index is 0.151. The van der Waals surface area contributed by atoms with Gasteiger partial charge >= 0.3 is 0 Å². The first-order valence-corrected chi connectivity index (χ1v) is 6.52. The van der Waals surface area contributed by atoms with Crippen molar-refractivity contribution in [1.82, 2.24) is 0 Å². The van der Waals surface area contributed by atoms with Crippen molar-refractivity contribution in [2.24, 2.45) is 16.5 Å². The molecule has 18 heavy (non-hydrogen) atoms. The topological polar surface area (TPSA) is 73.6 Å². The average Bonchev–Trinajstić information content (AvgIpc) is 2.38. The van der Waals surface area contributed by atoms with Crippen molar-refractivity contribution >= 4 is 5.96 Å². The van der Waals surface area contributed by atoms with Crippen LogP contribution in [0.5, 0.6) is 0 Å². The summed E-state index contributed by atoms with van der Waals surface area (Å²) in [6.07, 6.45) is 4.59. The molecule has 0 radical (unpaired) electrons. The van der Waals surface area contributed by atoms with Gasteiger partial charge in [-0.15, -0.1) is 0 Å². The van der Waals surface area contributed by atoms with Gasteiger partial charge in [-0.25, -0.2) is 0 Å². The molecule has 0 fully saturated rings. The molecule has 2 rings (SSSR count). The summed E-state index contributed by atoms with van der Waals surface area (Å²) in [5, 5.41) is 0. The molecular weight excluding hydrogens is 226 g/mol. The van der Waals surface area contributed by atoms with Gasteiger partial charge in [-0.05, 0) is 36.8 Å². The number of fused-ring (bicyclic) bond motifs is 1. The van der Waals surface area contributed by atoms with E-state index in [9.17, 15) is 0 Å². The second-order valence-corrected chi connectivity index (χ2v) is 4.61. The van der Waals surface area contributed by atoms with Crippen LogP contribution >= 0.6 is 0 Å². The summed E-state index contributed by atoms with van der Waals surface area (Å²) in [4.78, 5) is 3.94. The number of guanidine groups is 1. The Labute approximate surface area is 108 Å². The van der Waals surface area contributed by atoms with Gasteiger partial charge in [-0.1, -0.05) is 24.3 Å². The minimum absolute atomic E-state index is 0.151.